The first-order chi connectivity index (χ1) is 25.6. The Hall–Kier alpha value is -4.89. The van der Waals surface area contributed by atoms with E-state index in [0.717, 1.165) is 0 Å². The molecule has 288 valence electrons. The number of ether oxygens (including phenoxy) is 2. The van der Waals surface area contributed by atoms with Crippen LogP contribution in [0.5, 0.6) is 11.6 Å². The molecule has 0 bridgehead atoms. The van der Waals surface area contributed by atoms with E-state index in [-0.39, 0.29) is 37.1 Å². The molecule has 2 aromatic carbocycles. The highest BCUT2D eigenvalue weighted by molar-refractivity contribution is 7.91. The Morgan fingerprint density at radius 3 is 2.48 bits per heavy atom. The molecule has 6 rings (SSSR count). The summed E-state index contributed by atoms with van der Waals surface area (Å²) in [6.07, 6.45) is 3.39. The lowest BCUT2D eigenvalue weighted by molar-refractivity contribution is -0.140. The molecule has 5 atom stereocenters. The summed E-state index contributed by atoms with van der Waals surface area (Å²) in [4.78, 5) is 62.5. The van der Waals surface area contributed by atoms with Crippen molar-refractivity contribution in [3.63, 3.8) is 0 Å². The highest BCUT2D eigenvalue weighted by Gasteiger charge is 2.62. The predicted molar refractivity (Wildman–Crippen MR) is 204 cm³/mol. The molecule has 14 nitrogen and oxygen atoms in total. The van der Waals surface area contributed by atoms with Gasteiger partial charge in [0, 0.05) is 53.5 Å². The third-order valence-corrected chi connectivity index (χ3v) is 12.2. The third-order valence-electron chi connectivity index (χ3n) is 10.1. The molecule has 2 heterocycles. The quantitative estimate of drug-likeness (QED) is 0.204. The molecular weight excluding hydrogens is 736 g/mol. The number of carbonyl (C=O) groups excluding carboxylic acids is 4. The van der Waals surface area contributed by atoms with Crippen molar-refractivity contribution in [2.75, 3.05) is 33.1 Å². The summed E-state index contributed by atoms with van der Waals surface area (Å²) >= 11 is 6.35. The second-order valence-electron chi connectivity index (χ2n) is 14.6. The largest absolute Gasteiger partial charge is 0.494 e. The summed E-state index contributed by atoms with van der Waals surface area (Å²) in [6, 6.07) is 10.1. The van der Waals surface area contributed by atoms with Gasteiger partial charge in [-0.25, -0.2) is 13.4 Å². The fourth-order valence-corrected chi connectivity index (χ4v) is 8.38. The van der Waals surface area contributed by atoms with E-state index >= 15 is 0 Å². The van der Waals surface area contributed by atoms with Crippen molar-refractivity contribution in [1.29, 1.82) is 0 Å². The van der Waals surface area contributed by atoms with Gasteiger partial charge in [0.2, 0.25) is 27.7 Å². The van der Waals surface area contributed by atoms with Crippen LogP contribution in [0.3, 0.4) is 0 Å². The number of pyridine rings is 1. The minimum Gasteiger partial charge on any atom is -0.494 e. The van der Waals surface area contributed by atoms with Gasteiger partial charge in [0.05, 0.1) is 25.1 Å². The molecule has 3 aliphatic rings. The normalized spacial score (nSPS) is 22.6. The van der Waals surface area contributed by atoms with Crippen molar-refractivity contribution in [2.24, 2.45) is 11.8 Å². The van der Waals surface area contributed by atoms with Crippen molar-refractivity contribution in [3.05, 3.63) is 71.9 Å². The standard InChI is InChI=1S/C38H45ClN6O8S/c1-7-23-18-38(23,37(49)43-54(50,51)27-12-13-27)42-33(46)30-17-26(53-34-29-16-24(39)11-14-28(29)31(52-6)19-40-34)20-45(30)36(48)32(21(2)3)41-25-10-8-9-22(15-25)35(47)44(4)5/h7-11,14-16,19,21,23,26-27,30,32,41H,1,12-13,17-18,20H2,2-6H3,(H,42,46)(H,43,49)/t23-,26-,30+,32+,38-/m1/s1. The van der Waals surface area contributed by atoms with Crippen LogP contribution in [0.1, 0.15) is 49.9 Å². The van der Waals surface area contributed by atoms with E-state index in [1.165, 1.54) is 29.2 Å². The second-order valence-corrected chi connectivity index (χ2v) is 17.0. The van der Waals surface area contributed by atoms with Crippen LogP contribution in [0.2, 0.25) is 5.02 Å². The van der Waals surface area contributed by atoms with Crippen molar-refractivity contribution < 1.29 is 37.1 Å². The molecule has 3 N–H and O–H groups in total. The number of methoxy groups -OCH3 is 1. The number of likely N-dealkylation sites (tertiary alicyclic amines) is 1. The monoisotopic (exact) mass is 780 g/mol. The van der Waals surface area contributed by atoms with Gasteiger partial charge in [-0.1, -0.05) is 37.6 Å². The molecule has 1 aromatic heterocycles. The summed E-state index contributed by atoms with van der Waals surface area (Å²) in [7, 11) is 0.924. The summed E-state index contributed by atoms with van der Waals surface area (Å²) in [5.74, 6) is -2.16. The number of nitrogens with one attached hydrogen (secondary N) is 3. The lowest BCUT2D eigenvalue weighted by atomic mass is 10.0. The Balaban J connectivity index is 1.31. The van der Waals surface area contributed by atoms with Gasteiger partial charge >= 0.3 is 0 Å². The number of fused-ring (bicyclic) bond motifs is 1. The zero-order valence-electron chi connectivity index (χ0n) is 30.8. The van der Waals surface area contributed by atoms with E-state index in [1.54, 1.807) is 56.6 Å². The Labute approximate surface area is 319 Å². The molecule has 3 aromatic rings. The van der Waals surface area contributed by atoms with Gasteiger partial charge in [-0.3, -0.25) is 23.9 Å². The SMILES string of the molecule is C=C[C@@H]1C[C@]1(NC(=O)[C@@H]1C[C@@H](Oc2ncc(OC)c3ccc(Cl)cc23)CN1C(=O)[C@@H](Nc1cccc(C(=O)N(C)C)c1)C(C)C)C(=O)NS(=O)(=O)C1CC1. The molecule has 0 spiro atoms. The molecule has 4 amide bonds. The average molecular weight is 781 g/mol. The first-order valence-electron chi connectivity index (χ1n) is 17.8. The van der Waals surface area contributed by atoms with E-state index in [9.17, 15) is 27.6 Å². The van der Waals surface area contributed by atoms with Crippen molar-refractivity contribution in [1.82, 2.24) is 24.8 Å². The topological polar surface area (TPSA) is 176 Å². The molecule has 2 aliphatic carbocycles. The minimum absolute atomic E-state index is 0.0170. The smallest absolute Gasteiger partial charge is 0.259 e. The second kappa shape index (κ2) is 15.1. The summed E-state index contributed by atoms with van der Waals surface area (Å²) in [6.45, 7) is 7.48. The fraction of sp³-hybridized carbons (Fsp3) is 0.447. The van der Waals surface area contributed by atoms with Crippen LogP contribution in [0, 0.1) is 11.8 Å². The van der Waals surface area contributed by atoms with Crippen molar-refractivity contribution >= 4 is 61.7 Å². The Kier molecular flexibility index (Phi) is 10.9. The molecule has 16 heteroatoms. The number of amides is 4. The first kappa shape index (κ1) is 38.8. The minimum atomic E-state index is -3.90. The molecule has 0 radical (unpaired) electrons. The maximum Gasteiger partial charge on any atom is 0.259 e. The highest BCUT2D eigenvalue weighted by atomic mass is 35.5. The van der Waals surface area contributed by atoms with Gasteiger partial charge in [-0.05, 0) is 61.6 Å². The van der Waals surface area contributed by atoms with Gasteiger partial charge in [0.1, 0.15) is 29.5 Å². The number of benzene rings is 2. The first-order valence-corrected chi connectivity index (χ1v) is 19.7. The number of rotatable bonds is 14. The molecule has 2 saturated carbocycles. The highest BCUT2D eigenvalue weighted by Crippen LogP contribution is 2.45. The van der Waals surface area contributed by atoms with E-state index < -0.39 is 62.6 Å². The Morgan fingerprint density at radius 2 is 1.85 bits per heavy atom. The Bertz CT molecular complexity index is 2110. The Morgan fingerprint density at radius 1 is 1.11 bits per heavy atom. The maximum absolute atomic E-state index is 14.6. The van der Waals surface area contributed by atoms with Crippen molar-refractivity contribution in [3.8, 4) is 11.6 Å². The number of sulfonamides is 1. The molecule has 1 saturated heterocycles. The van der Waals surface area contributed by atoms with Gasteiger partial charge in [-0.2, -0.15) is 0 Å². The molecule has 1 aliphatic heterocycles. The van der Waals surface area contributed by atoms with Crippen LogP contribution in [0.25, 0.3) is 10.8 Å². The zero-order chi connectivity index (χ0) is 39.1. The van der Waals surface area contributed by atoms with Crippen LogP contribution in [-0.2, 0) is 24.4 Å². The number of nitrogens with zero attached hydrogens (tertiary/aromatic N) is 3. The van der Waals surface area contributed by atoms with E-state index in [1.807, 2.05) is 13.8 Å². The van der Waals surface area contributed by atoms with Crippen LogP contribution < -0.4 is 24.8 Å². The lowest BCUT2D eigenvalue weighted by Gasteiger charge is -2.31. The van der Waals surface area contributed by atoms with Crippen LogP contribution >= 0.6 is 11.6 Å². The number of carbonyl (C=O) groups is 4. The van der Waals surface area contributed by atoms with Gasteiger partial charge in [-0.15, -0.1) is 6.58 Å². The number of hydrogen-bond acceptors (Lipinski definition) is 10. The lowest BCUT2D eigenvalue weighted by Crippen LogP contribution is -2.58. The third kappa shape index (κ3) is 7.83. The van der Waals surface area contributed by atoms with E-state index in [0.29, 0.717) is 45.6 Å². The summed E-state index contributed by atoms with van der Waals surface area (Å²) < 4.78 is 39.5. The molecule has 3 fully saturated rings. The maximum atomic E-state index is 14.6. The number of hydrogen-bond donors (Lipinski definition) is 3. The van der Waals surface area contributed by atoms with Crippen LogP contribution in [-0.4, -0.2) is 104 Å². The summed E-state index contributed by atoms with van der Waals surface area (Å²) in [5.41, 5.74) is -0.582. The van der Waals surface area contributed by atoms with Gasteiger partial charge in [0.25, 0.3) is 11.8 Å². The molecule has 0 unspecified atom stereocenters. The fourth-order valence-electron chi connectivity index (χ4n) is 6.85. The number of aromatic nitrogens is 1. The van der Waals surface area contributed by atoms with Crippen molar-refractivity contribution in [2.45, 2.75) is 68.5 Å². The van der Waals surface area contributed by atoms with Gasteiger partial charge in [0.15, 0.2) is 0 Å². The number of anilines is 1. The van der Waals surface area contributed by atoms with E-state index in [2.05, 4.69) is 26.9 Å². The summed E-state index contributed by atoms with van der Waals surface area (Å²) in [5, 5.41) is 7.16. The molecular formula is C38H45ClN6O8S. The average Bonchev–Trinajstić information content (AvgIpc) is 4.07. The van der Waals surface area contributed by atoms with E-state index in [4.69, 9.17) is 21.1 Å². The van der Waals surface area contributed by atoms with Gasteiger partial charge < -0.3 is 29.9 Å². The zero-order valence-corrected chi connectivity index (χ0v) is 32.4. The molecule has 54 heavy (non-hydrogen) atoms. The van der Waals surface area contributed by atoms with Crippen LogP contribution in [0.4, 0.5) is 5.69 Å². The van der Waals surface area contributed by atoms with Crippen LogP contribution in [0.15, 0.2) is 61.3 Å². The number of halogens is 1. The predicted octanol–water partition coefficient (Wildman–Crippen LogP) is 3.75.